The third-order valence-corrected chi connectivity index (χ3v) is 3.73. The van der Waals surface area contributed by atoms with Crippen LogP contribution in [0.3, 0.4) is 0 Å². The van der Waals surface area contributed by atoms with Crippen LogP contribution in [0.2, 0.25) is 0 Å². The Bertz CT molecular complexity index is 519. The molecule has 0 fully saturated rings. The zero-order valence-corrected chi connectivity index (χ0v) is 11.5. The molecule has 0 aliphatic carbocycles. The number of aryl methyl sites for hydroxylation is 1. The van der Waals surface area contributed by atoms with E-state index in [1.54, 1.807) is 17.7 Å². The number of thiazole rings is 1. The van der Waals surface area contributed by atoms with Gasteiger partial charge < -0.3 is 10.3 Å². The van der Waals surface area contributed by atoms with Crippen molar-refractivity contribution in [2.75, 3.05) is 0 Å². The Morgan fingerprint density at radius 2 is 2.12 bits per heavy atom. The molecule has 2 N–H and O–H groups in total. The summed E-state index contributed by atoms with van der Waals surface area (Å²) in [7, 11) is 1.97. The second-order valence-corrected chi connectivity index (χ2v) is 6.22. The molecule has 0 aromatic carbocycles. The molecule has 4 nitrogen and oxygen atoms in total. The largest absolute Gasteiger partial charge is 0.332 e. The minimum absolute atomic E-state index is 0.0298. The molecule has 0 bridgehead atoms. The predicted molar refractivity (Wildman–Crippen MR) is 70.9 cm³/mol. The van der Waals surface area contributed by atoms with Crippen molar-refractivity contribution < 1.29 is 0 Å². The Kier molecular flexibility index (Phi) is 3.05. The maximum absolute atomic E-state index is 5.80. The molecule has 92 valence electrons. The molecule has 0 atom stereocenters. The summed E-state index contributed by atoms with van der Waals surface area (Å²) in [6, 6.07) is 0. The van der Waals surface area contributed by atoms with Crippen LogP contribution in [0.25, 0.3) is 10.7 Å². The third-order valence-electron chi connectivity index (χ3n) is 2.63. The van der Waals surface area contributed by atoms with E-state index in [-0.39, 0.29) is 5.41 Å². The number of nitrogens with two attached hydrogens (primary N) is 1. The van der Waals surface area contributed by atoms with Crippen molar-refractivity contribution >= 4 is 11.3 Å². The van der Waals surface area contributed by atoms with E-state index in [2.05, 4.69) is 25.8 Å². The molecule has 2 rings (SSSR count). The van der Waals surface area contributed by atoms with Gasteiger partial charge in [0.05, 0.1) is 23.9 Å². The summed E-state index contributed by atoms with van der Waals surface area (Å²) in [5.41, 5.74) is 7.97. The van der Waals surface area contributed by atoms with E-state index in [0.717, 1.165) is 21.3 Å². The van der Waals surface area contributed by atoms with Crippen molar-refractivity contribution in [2.45, 2.75) is 32.7 Å². The fraction of sp³-hybridized carbons (Fsp3) is 0.500. The zero-order valence-electron chi connectivity index (χ0n) is 10.7. The normalized spacial score (nSPS) is 12.1. The molecule has 0 unspecified atom stereocenters. The molecule has 17 heavy (non-hydrogen) atoms. The topological polar surface area (TPSA) is 56.7 Å². The lowest BCUT2D eigenvalue weighted by Gasteiger charge is -2.16. The molecule has 0 saturated heterocycles. The second-order valence-electron chi connectivity index (χ2n) is 5.13. The minimum Gasteiger partial charge on any atom is -0.332 e. The van der Waals surface area contributed by atoms with Gasteiger partial charge in [0.1, 0.15) is 5.01 Å². The standard InChI is InChI=1S/C12H18N4S/c1-12(2,3)10-9(5-13)17-11(15-10)8-6-14-7-16(8)4/h6-7H,5,13H2,1-4H3. The Morgan fingerprint density at radius 1 is 1.41 bits per heavy atom. The van der Waals surface area contributed by atoms with E-state index in [4.69, 9.17) is 10.7 Å². The van der Waals surface area contributed by atoms with Gasteiger partial charge in [-0.25, -0.2) is 9.97 Å². The van der Waals surface area contributed by atoms with Crippen molar-refractivity contribution in [3.8, 4) is 10.7 Å². The van der Waals surface area contributed by atoms with Crippen LogP contribution in [0.15, 0.2) is 12.5 Å². The molecule has 2 heterocycles. The van der Waals surface area contributed by atoms with Crippen molar-refractivity contribution in [1.82, 2.24) is 14.5 Å². The van der Waals surface area contributed by atoms with E-state index in [0.29, 0.717) is 6.54 Å². The molecule has 0 radical (unpaired) electrons. The van der Waals surface area contributed by atoms with Gasteiger partial charge in [0.25, 0.3) is 0 Å². The van der Waals surface area contributed by atoms with Gasteiger partial charge in [-0.05, 0) is 0 Å². The van der Waals surface area contributed by atoms with Gasteiger partial charge in [0.2, 0.25) is 0 Å². The summed E-state index contributed by atoms with van der Waals surface area (Å²) in [5, 5.41) is 0.996. The van der Waals surface area contributed by atoms with Crippen LogP contribution in [0.5, 0.6) is 0 Å². The van der Waals surface area contributed by atoms with E-state index in [9.17, 15) is 0 Å². The van der Waals surface area contributed by atoms with Crippen molar-refractivity contribution in [3.63, 3.8) is 0 Å². The maximum Gasteiger partial charge on any atom is 0.142 e. The highest BCUT2D eigenvalue weighted by Crippen LogP contribution is 2.33. The first kappa shape index (κ1) is 12.3. The maximum atomic E-state index is 5.80. The Hall–Kier alpha value is -1.20. The second kappa shape index (κ2) is 4.23. The molecular weight excluding hydrogens is 232 g/mol. The Labute approximate surface area is 106 Å². The highest BCUT2D eigenvalue weighted by molar-refractivity contribution is 7.15. The summed E-state index contributed by atoms with van der Waals surface area (Å²) in [6.07, 6.45) is 3.63. The lowest BCUT2D eigenvalue weighted by Crippen LogP contribution is -2.15. The van der Waals surface area contributed by atoms with Gasteiger partial charge in [-0.2, -0.15) is 0 Å². The first-order valence-corrected chi connectivity index (χ1v) is 6.42. The molecule has 0 saturated carbocycles. The average Bonchev–Trinajstić information content (AvgIpc) is 2.81. The van der Waals surface area contributed by atoms with Crippen LogP contribution >= 0.6 is 11.3 Å². The van der Waals surface area contributed by atoms with E-state index >= 15 is 0 Å². The molecular formula is C12H18N4S. The molecule has 2 aromatic rings. The minimum atomic E-state index is 0.0298. The lowest BCUT2D eigenvalue weighted by molar-refractivity contribution is 0.566. The highest BCUT2D eigenvalue weighted by Gasteiger charge is 2.23. The number of nitrogens with zero attached hydrogens (tertiary/aromatic N) is 3. The summed E-state index contributed by atoms with van der Waals surface area (Å²) >= 11 is 1.66. The third kappa shape index (κ3) is 2.25. The number of imidazole rings is 1. The lowest BCUT2D eigenvalue weighted by atomic mass is 9.91. The van der Waals surface area contributed by atoms with Gasteiger partial charge in [0, 0.05) is 23.9 Å². The number of rotatable bonds is 2. The molecule has 5 heteroatoms. The van der Waals surface area contributed by atoms with Crippen LogP contribution in [-0.4, -0.2) is 14.5 Å². The van der Waals surface area contributed by atoms with Gasteiger partial charge in [-0.3, -0.25) is 0 Å². The predicted octanol–water partition coefficient (Wildman–Crippen LogP) is 2.30. The van der Waals surface area contributed by atoms with Crippen molar-refractivity contribution in [3.05, 3.63) is 23.1 Å². The van der Waals surface area contributed by atoms with E-state index in [1.807, 2.05) is 17.8 Å². The Morgan fingerprint density at radius 3 is 2.53 bits per heavy atom. The monoisotopic (exact) mass is 250 g/mol. The quantitative estimate of drug-likeness (QED) is 0.889. The number of aromatic nitrogens is 3. The van der Waals surface area contributed by atoms with Gasteiger partial charge in [-0.15, -0.1) is 11.3 Å². The molecule has 0 aliphatic heterocycles. The number of hydrogen-bond donors (Lipinski definition) is 1. The summed E-state index contributed by atoms with van der Waals surface area (Å²) in [5.74, 6) is 0. The smallest absolute Gasteiger partial charge is 0.142 e. The average molecular weight is 250 g/mol. The van der Waals surface area contributed by atoms with Crippen LogP contribution in [-0.2, 0) is 19.0 Å². The molecule has 2 aromatic heterocycles. The van der Waals surface area contributed by atoms with Gasteiger partial charge >= 0.3 is 0 Å². The molecule has 0 aliphatic rings. The zero-order chi connectivity index (χ0) is 12.6. The van der Waals surface area contributed by atoms with Crippen LogP contribution in [0.4, 0.5) is 0 Å². The molecule has 0 amide bonds. The summed E-state index contributed by atoms with van der Waals surface area (Å²) in [6.45, 7) is 7.03. The van der Waals surface area contributed by atoms with Crippen LogP contribution in [0.1, 0.15) is 31.3 Å². The SMILES string of the molecule is Cn1cncc1-c1nc(C(C)(C)C)c(CN)s1. The fourth-order valence-corrected chi connectivity index (χ4v) is 2.95. The van der Waals surface area contributed by atoms with Gasteiger partial charge in [-0.1, -0.05) is 20.8 Å². The fourth-order valence-electron chi connectivity index (χ4n) is 1.75. The summed E-state index contributed by atoms with van der Waals surface area (Å²) in [4.78, 5) is 10.0. The number of hydrogen-bond acceptors (Lipinski definition) is 4. The summed E-state index contributed by atoms with van der Waals surface area (Å²) < 4.78 is 1.98. The van der Waals surface area contributed by atoms with Crippen LogP contribution in [0, 0.1) is 0 Å². The van der Waals surface area contributed by atoms with E-state index in [1.165, 1.54) is 0 Å². The first-order valence-electron chi connectivity index (χ1n) is 5.60. The highest BCUT2D eigenvalue weighted by atomic mass is 32.1. The van der Waals surface area contributed by atoms with Crippen molar-refractivity contribution in [1.29, 1.82) is 0 Å². The van der Waals surface area contributed by atoms with Crippen molar-refractivity contribution in [2.24, 2.45) is 12.8 Å². The Balaban J connectivity index is 2.52. The van der Waals surface area contributed by atoms with E-state index < -0.39 is 0 Å². The van der Waals surface area contributed by atoms with Crippen LogP contribution < -0.4 is 5.73 Å². The first-order chi connectivity index (χ1) is 7.93. The van der Waals surface area contributed by atoms with Gasteiger partial charge in [0.15, 0.2) is 0 Å². The molecule has 0 spiro atoms.